The van der Waals surface area contributed by atoms with E-state index in [2.05, 4.69) is 5.32 Å². The number of rotatable bonds is 3. The van der Waals surface area contributed by atoms with Gasteiger partial charge in [0.15, 0.2) is 0 Å². The van der Waals surface area contributed by atoms with Crippen molar-refractivity contribution in [2.24, 2.45) is 5.92 Å². The molecule has 1 amide bonds. The Hall–Kier alpha value is -3.23. The van der Waals surface area contributed by atoms with Gasteiger partial charge in [0.2, 0.25) is 0 Å². The molecule has 1 N–H and O–H groups in total. The van der Waals surface area contributed by atoms with Crippen molar-refractivity contribution in [2.45, 2.75) is 32.1 Å². The normalized spacial score (nSPS) is 19.2. The number of benzene rings is 2. The topological polar surface area (TPSA) is 32.3 Å². The predicted octanol–water partition coefficient (Wildman–Crippen LogP) is 6.75. The van der Waals surface area contributed by atoms with Crippen molar-refractivity contribution < 1.29 is 31.1 Å². The summed E-state index contributed by atoms with van der Waals surface area (Å²) in [6.07, 6.45) is -6.26. The van der Waals surface area contributed by atoms with Gasteiger partial charge in [0, 0.05) is 16.9 Å². The van der Waals surface area contributed by atoms with Crippen molar-refractivity contribution in [2.75, 3.05) is 10.2 Å². The molecule has 0 spiro atoms. The molecule has 2 aromatic rings. The largest absolute Gasteiger partial charge is 0.416 e. The molecule has 1 heterocycles. The molecule has 4 rings (SSSR count). The lowest BCUT2D eigenvalue weighted by atomic mass is 9.90. The standard InChI is InChI=1S/C23H18F6N2O/c1-13-8-9-19-18(10-13)20(30-16-6-2-4-14(11-16)22(24,25)26)21(32)31(19)17-7-3-5-15(12-17)23(27,28)29/h2-7,9,11-13,30H,8,10H2,1H3/t13-/m0/s1. The SMILES string of the molecule is C[C@H]1CC=C2C(=C(Nc3cccc(C(F)(F)F)c3)C(=O)N2c2cccc(C(F)(F)F)c2)C1. The Labute approximate surface area is 180 Å². The molecule has 9 heteroatoms. The van der Waals surface area contributed by atoms with E-state index >= 15 is 0 Å². The second-order valence-electron chi connectivity index (χ2n) is 7.88. The van der Waals surface area contributed by atoms with Crippen LogP contribution in [-0.2, 0) is 17.1 Å². The van der Waals surface area contributed by atoms with Crippen LogP contribution in [0.2, 0.25) is 0 Å². The molecule has 0 radical (unpaired) electrons. The number of hydrogen-bond donors (Lipinski definition) is 1. The average molecular weight is 452 g/mol. The lowest BCUT2D eigenvalue weighted by Crippen LogP contribution is -2.28. The molecule has 0 bridgehead atoms. The first-order valence-electron chi connectivity index (χ1n) is 9.85. The highest BCUT2D eigenvalue weighted by molar-refractivity contribution is 6.15. The summed E-state index contributed by atoms with van der Waals surface area (Å²) < 4.78 is 78.8. The average Bonchev–Trinajstić information content (AvgIpc) is 2.98. The molecule has 0 aromatic heterocycles. The third-order valence-corrected chi connectivity index (χ3v) is 5.43. The molecule has 168 valence electrons. The number of anilines is 2. The molecule has 3 nitrogen and oxygen atoms in total. The minimum absolute atomic E-state index is 0.0453. The van der Waals surface area contributed by atoms with Crippen LogP contribution in [0.15, 0.2) is 71.6 Å². The summed E-state index contributed by atoms with van der Waals surface area (Å²) in [5.74, 6) is -0.446. The number of alkyl halides is 6. The Morgan fingerprint density at radius 2 is 1.56 bits per heavy atom. The highest BCUT2D eigenvalue weighted by Gasteiger charge is 2.40. The molecule has 2 aromatic carbocycles. The molecule has 1 atom stereocenters. The lowest BCUT2D eigenvalue weighted by molar-refractivity contribution is -0.138. The Balaban J connectivity index is 1.74. The number of amides is 1. The lowest BCUT2D eigenvalue weighted by Gasteiger charge is -2.25. The molecular formula is C23H18F6N2O. The fourth-order valence-electron chi connectivity index (χ4n) is 3.90. The molecule has 2 aliphatic rings. The fraction of sp³-hybridized carbons (Fsp3) is 0.261. The van der Waals surface area contributed by atoms with Crippen molar-refractivity contribution in [1.82, 2.24) is 0 Å². The van der Waals surface area contributed by atoms with Crippen molar-refractivity contribution >= 4 is 17.3 Å². The van der Waals surface area contributed by atoms with Crippen LogP contribution in [0.5, 0.6) is 0 Å². The van der Waals surface area contributed by atoms with Crippen molar-refractivity contribution in [3.63, 3.8) is 0 Å². The van der Waals surface area contributed by atoms with Crippen molar-refractivity contribution in [3.8, 4) is 0 Å². The first kappa shape index (κ1) is 22.0. The molecule has 32 heavy (non-hydrogen) atoms. The summed E-state index contributed by atoms with van der Waals surface area (Å²) in [7, 11) is 0. The molecule has 0 saturated carbocycles. The maximum absolute atomic E-state index is 13.3. The molecule has 1 aliphatic carbocycles. The summed E-state index contributed by atoms with van der Waals surface area (Å²) in [5.41, 5.74) is -0.553. The second kappa shape index (κ2) is 7.72. The van der Waals surface area contributed by atoms with E-state index < -0.39 is 29.4 Å². The van der Waals surface area contributed by atoms with Gasteiger partial charge in [-0.05, 0) is 55.2 Å². The zero-order valence-electron chi connectivity index (χ0n) is 16.8. The van der Waals surface area contributed by atoms with Crippen LogP contribution in [0, 0.1) is 5.92 Å². The Kier molecular flexibility index (Phi) is 5.30. The van der Waals surface area contributed by atoms with E-state index in [1.54, 1.807) is 6.08 Å². The molecule has 1 aliphatic heterocycles. The van der Waals surface area contributed by atoms with E-state index in [0.717, 1.165) is 24.3 Å². The van der Waals surface area contributed by atoms with Gasteiger partial charge < -0.3 is 5.32 Å². The van der Waals surface area contributed by atoms with Crippen LogP contribution in [0.3, 0.4) is 0 Å². The van der Waals surface area contributed by atoms with Gasteiger partial charge in [-0.15, -0.1) is 0 Å². The number of nitrogens with one attached hydrogen (secondary N) is 1. The monoisotopic (exact) mass is 452 g/mol. The summed E-state index contributed by atoms with van der Waals surface area (Å²) in [5, 5.41) is 2.79. The Morgan fingerprint density at radius 3 is 2.22 bits per heavy atom. The predicted molar refractivity (Wildman–Crippen MR) is 108 cm³/mol. The third kappa shape index (κ3) is 4.11. The first-order valence-corrected chi connectivity index (χ1v) is 9.85. The zero-order chi connectivity index (χ0) is 23.3. The Morgan fingerprint density at radius 1 is 0.938 bits per heavy atom. The number of carbonyl (C=O) groups is 1. The van der Waals surface area contributed by atoms with E-state index in [-0.39, 0.29) is 23.0 Å². The van der Waals surface area contributed by atoms with Crippen molar-refractivity contribution in [1.29, 1.82) is 0 Å². The van der Waals surface area contributed by atoms with Crippen LogP contribution < -0.4 is 10.2 Å². The smallest absolute Gasteiger partial charge is 0.351 e. The highest BCUT2D eigenvalue weighted by Crippen LogP contribution is 2.43. The number of halogens is 6. The molecular weight excluding hydrogens is 434 g/mol. The van der Waals surface area contributed by atoms with Gasteiger partial charge >= 0.3 is 12.4 Å². The molecule has 0 saturated heterocycles. The minimum atomic E-state index is -4.58. The fourth-order valence-corrected chi connectivity index (χ4v) is 3.90. The minimum Gasteiger partial charge on any atom is -0.351 e. The van der Waals surface area contributed by atoms with Crippen molar-refractivity contribution in [3.05, 3.63) is 82.7 Å². The number of carbonyl (C=O) groups excluding carboxylic acids is 1. The molecule has 0 fully saturated rings. The van der Waals surface area contributed by atoms with E-state index in [4.69, 9.17) is 0 Å². The second-order valence-corrected chi connectivity index (χ2v) is 7.88. The van der Waals surface area contributed by atoms with Crippen LogP contribution >= 0.6 is 0 Å². The summed E-state index contributed by atoms with van der Waals surface area (Å²) >= 11 is 0. The van der Waals surface area contributed by atoms with Crippen LogP contribution in [0.4, 0.5) is 37.7 Å². The van der Waals surface area contributed by atoms with Gasteiger partial charge in [-0.2, -0.15) is 26.3 Å². The van der Waals surface area contributed by atoms with Crippen LogP contribution in [0.25, 0.3) is 0 Å². The quantitative estimate of drug-likeness (QED) is 0.523. The zero-order valence-corrected chi connectivity index (χ0v) is 16.8. The van der Waals surface area contributed by atoms with Gasteiger partial charge in [0.1, 0.15) is 5.70 Å². The van der Waals surface area contributed by atoms with Gasteiger partial charge in [0.25, 0.3) is 5.91 Å². The maximum atomic E-state index is 13.3. The summed E-state index contributed by atoms with van der Waals surface area (Å²) in [6, 6.07) is 8.86. The number of allylic oxidation sites excluding steroid dienone is 2. The summed E-state index contributed by atoms with van der Waals surface area (Å²) in [4.78, 5) is 14.5. The van der Waals surface area contributed by atoms with Crippen LogP contribution in [-0.4, -0.2) is 5.91 Å². The van der Waals surface area contributed by atoms with E-state index in [9.17, 15) is 31.1 Å². The van der Waals surface area contributed by atoms with E-state index in [0.29, 0.717) is 24.1 Å². The van der Waals surface area contributed by atoms with Gasteiger partial charge in [0.05, 0.1) is 16.8 Å². The Bertz CT molecular complexity index is 1130. The highest BCUT2D eigenvalue weighted by atomic mass is 19.4. The number of fused-ring (bicyclic) bond motifs is 1. The maximum Gasteiger partial charge on any atom is 0.416 e. The van der Waals surface area contributed by atoms with Crippen LogP contribution in [0.1, 0.15) is 30.9 Å². The molecule has 0 unspecified atom stereocenters. The van der Waals surface area contributed by atoms with E-state index in [1.165, 1.54) is 29.2 Å². The van der Waals surface area contributed by atoms with E-state index in [1.807, 2.05) is 6.92 Å². The van der Waals surface area contributed by atoms with Gasteiger partial charge in [-0.25, -0.2) is 0 Å². The summed E-state index contributed by atoms with van der Waals surface area (Å²) in [6.45, 7) is 1.96. The number of nitrogens with zero attached hydrogens (tertiary/aromatic N) is 1. The van der Waals surface area contributed by atoms with Gasteiger partial charge in [-0.1, -0.05) is 25.1 Å². The van der Waals surface area contributed by atoms with Gasteiger partial charge in [-0.3, -0.25) is 9.69 Å². The number of hydrogen-bond acceptors (Lipinski definition) is 2. The first-order chi connectivity index (χ1) is 14.9. The third-order valence-electron chi connectivity index (χ3n) is 5.43.